The molecular formula is C15H23Cl2N. The van der Waals surface area contributed by atoms with Crippen LogP contribution in [0, 0.1) is 17.8 Å². The molecular weight excluding hydrogens is 265 g/mol. The zero-order valence-electron chi connectivity index (χ0n) is 11.6. The van der Waals surface area contributed by atoms with Gasteiger partial charge in [0.1, 0.15) is 0 Å². The van der Waals surface area contributed by atoms with E-state index in [-0.39, 0.29) is 0 Å². The van der Waals surface area contributed by atoms with E-state index in [0.717, 1.165) is 23.7 Å². The van der Waals surface area contributed by atoms with Gasteiger partial charge in [0.15, 0.2) is 0 Å². The Morgan fingerprint density at radius 3 is 2.17 bits per heavy atom. The third-order valence-electron chi connectivity index (χ3n) is 3.42. The van der Waals surface area contributed by atoms with E-state index in [1.165, 1.54) is 0 Å². The van der Waals surface area contributed by atoms with Crippen LogP contribution in [0.1, 0.15) is 33.3 Å². The van der Waals surface area contributed by atoms with Crippen molar-refractivity contribution in [2.45, 2.75) is 34.2 Å². The first-order valence-electron chi connectivity index (χ1n) is 6.56. The number of nitrogens with one attached hydrogen (secondary N) is 1. The van der Waals surface area contributed by atoms with Crippen molar-refractivity contribution in [3.05, 3.63) is 33.8 Å². The van der Waals surface area contributed by atoms with Crippen LogP contribution in [0.25, 0.3) is 0 Å². The normalized spacial score (nSPS) is 11.8. The van der Waals surface area contributed by atoms with Gasteiger partial charge in [-0.25, -0.2) is 0 Å². The number of benzene rings is 1. The Hall–Kier alpha value is -0.240. The Bertz CT molecular complexity index is 367. The summed E-state index contributed by atoms with van der Waals surface area (Å²) >= 11 is 12.0. The van der Waals surface area contributed by atoms with Gasteiger partial charge in [0.2, 0.25) is 0 Å². The summed E-state index contributed by atoms with van der Waals surface area (Å²) in [5.41, 5.74) is 1.10. The lowest BCUT2D eigenvalue weighted by Gasteiger charge is -2.25. The Morgan fingerprint density at radius 2 is 1.67 bits per heavy atom. The van der Waals surface area contributed by atoms with Gasteiger partial charge in [-0.15, -0.1) is 0 Å². The molecule has 0 spiro atoms. The predicted octanol–water partition coefficient (Wildman–Crippen LogP) is 5.01. The molecule has 1 nitrogen and oxygen atoms in total. The first kappa shape index (κ1) is 15.8. The first-order valence-corrected chi connectivity index (χ1v) is 7.32. The minimum atomic E-state index is 0.686. The van der Waals surface area contributed by atoms with Crippen LogP contribution in [0.15, 0.2) is 18.2 Å². The van der Waals surface area contributed by atoms with Crippen molar-refractivity contribution in [2.75, 3.05) is 6.54 Å². The molecule has 1 rings (SSSR count). The van der Waals surface area contributed by atoms with Crippen LogP contribution in [0.5, 0.6) is 0 Å². The summed E-state index contributed by atoms with van der Waals surface area (Å²) in [5.74, 6) is 2.08. The average molecular weight is 288 g/mol. The van der Waals surface area contributed by atoms with Crippen molar-refractivity contribution in [1.82, 2.24) is 5.32 Å². The van der Waals surface area contributed by atoms with Gasteiger partial charge < -0.3 is 5.32 Å². The number of hydrogen-bond donors (Lipinski definition) is 1. The van der Waals surface area contributed by atoms with Gasteiger partial charge in [-0.3, -0.25) is 0 Å². The molecule has 0 aliphatic rings. The van der Waals surface area contributed by atoms with E-state index in [4.69, 9.17) is 23.2 Å². The number of rotatable bonds is 6. The first-order chi connectivity index (χ1) is 8.41. The highest BCUT2D eigenvalue weighted by Gasteiger charge is 2.16. The number of hydrogen-bond acceptors (Lipinski definition) is 1. The van der Waals surface area contributed by atoms with Gasteiger partial charge in [-0.2, -0.15) is 0 Å². The Kier molecular flexibility index (Phi) is 6.48. The van der Waals surface area contributed by atoms with E-state index in [1.807, 2.05) is 12.1 Å². The summed E-state index contributed by atoms with van der Waals surface area (Å²) in [6.07, 6.45) is 0. The van der Waals surface area contributed by atoms with Crippen LogP contribution in [-0.2, 0) is 6.54 Å². The molecule has 0 saturated heterocycles. The zero-order chi connectivity index (χ0) is 13.7. The molecule has 1 aromatic carbocycles. The fourth-order valence-corrected chi connectivity index (χ4v) is 2.76. The highest BCUT2D eigenvalue weighted by molar-refractivity contribution is 6.35. The van der Waals surface area contributed by atoms with Gasteiger partial charge in [-0.05, 0) is 42.0 Å². The second-order valence-corrected chi connectivity index (χ2v) is 6.36. The summed E-state index contributed by atoms with van der Waals surface area (Å²) in [7, 11) is 0. The lowest BCUT2D eigenvalue weighted by Crippen LogP contribution is -2.29. The summed E-state index contributed by atoms with van der Waals surface area (Å²) in [6.45, 7) is 10.9. The number of halogens is 2. The maximum atomic E-state index is 6.15. The van der Waals surface area contributed by atoms with Crippen molar-refractivity contribution in [2.24, 2.45) is 17.8 Å². The second-order valence-electron chi connectivity index (χ2n) is 5.52. The topological polar surface area (TPSA) is 12.0 Å². The highest BCUT2D eigenvalue weighted by Crippen LogP contribution is 2.22. The molecule has 0 aromatic heterocycles. The van der Waals surface area contributed by atoms with Crippen LogP contribution in [0.3, 0.4) is 0 Å². The molecule has 1 N–H and O–H groups in total. The third kappa shape index (κ3) is 4.79. The quantitative estimate of drug-likeness (QED) is 0.775. The zero-order valence-corrected chi connectivity index (χ0v) is 13.1. The lowest BCUT2D eigenvalue weighted by molar-refractivity contribution is 0.275. The minimum absolute atomic E-state index is 0.686. The maximum absolute atomic E-state index is 6.15. The van der Waals surface area contributed by atoms with Crippen LogP contribution < -0.4 is 5.32 Å². The Morgan fingerprint density at radius 1 is 1.06 bits per heavy atom. The summed E-state index contributed by atoms with van der Waals surface area (Å²) in [6, 6.07) is 5.66. The van der Waals surface area contributed by atoms with Gasteiger partial charge in [0, 0.05) is 16.6 Å². The molecule has 0 aliphatic heterocycles. The van der Waals surface area contributed by atoms with Crippen LogP contribution >= 0.6 is 23.2 Å². The molecule has 0 amide bonds. The van der Waals surface area contributed by atoms with E-state index >= 15 is 0 Å². The molecule has 0 radical (unpaired) electrons. The van der Waals surface area contributed by atoms with E-state index in [2.05, 4.69) is 33.0 Å². The second kappa shape index (κ2) is 7.37. The standard InChI is InChI=1S/C15H23Cl2N/c1-10(2)14(11(3)4)9-18-8-12-5-6-13(16)7-15(12)17/h5-7,10-11,14,18H,8-9H2,1-4H3. The van der Waals surface area contributed by atoms with Crippen molar-refractivity contribution in [3.63, 3.8) is 0 Å². The SMILES string of the molecule is CC(C)C(CNCc1ccc(Cl)cc1Cl)C(C)C. The fourth-order valence-electron chi connectivity index (χ4n) is 2.28. The Balaban J connectivity index is 2.50. The Labute approximate surface area is 121 Å². The molecule has 1 aromatic rings. The van der Waals surface area contributed by atoms with Crippen molar-refractivity contribution >= 4 is 23.2 Å². The molecule has 0 unspecified atom stereocenters. The monoisotopic (exact) mass is 287 g/mol. The average Bonchev–Trinajstić information content (AvgIpc) is 2.25. The van der Waals surface area contributed by atoms with Crippen molar-refractivity contribution in [1.29, 1.82) is 0 Å². The molecule has 18 heavy (non-hydrogen) atoms. The molecule has 0 aliphatic carbocycles. The third-order valence-corrected chi connectivity index (χ3v) is 4.01. The summed E-state index contributed by atoms with van der Waals surface area (Å²) < 4.78 is 0. The van der Waals surface area contributed by atoms with Gasteiger partial charge >= 0.3 is 0 Å². The fraction of sp³-hybridized carbons (Fsp3) is 0.600. The lowest BCUT2D eigenvalue weighted by atomic mass is 9.85. The molecule has 0 atom stereocenters. The smallest absolute Gasteiger partial charge is 0.0465 e. The van der Waals surface area contributed by atoms with Gasteiger partial charge in [0.05, 0.1) is 0 Å². The van der Waals surface area contributed by atoms with Crippen LogP contribution in [0.4, 0.5) is 0 Å². The molecule has 0 heterocycles. The largest absolute Gasteiger partial charge is 0.312 e. The van der Waals surface area contributed by atoms with Gasteiger partial charge in [-0.1, -0.05) is 57.0 Å². The van der Waals surface area contributed by atoms with E-state index in [1.54, 1.807) is 6.07 Å². The van der Waals surface area contributed by atoms with Gasteiger partial charge in [0.25, 0.3) is 0 Å². The van der Waals surface area contributed by atoms with Crippen molar-refractivity contribution in [3.8, 4) is 0 Å². The molecule has 0 fully saturated rings. The van der Waals surface area contributed by atoms with E-state index in [9.17, 15) is 0 Å². The van der Waals surface area contributed by atoms with Crippen LogP contribution in [0.2, 0.25) is 10.0 Å². The summed E-state index contributed by atoms with van der Waals surface area (Å²) in [5, 5.41) is 4.92. The predicted molar refractivity (Wildman–Crippen MR) is 81.3 cm³/mol. The molecule has 102 valence electrons. The van der Waals surface area contributed by atoms with E-state index in [0.29, 0.717) is 22.8 Å². The minimum Gasteiger partial charge on any atom is -0.312 e. The van der Waals surface area contributed by atoms with E-state index < -0.39 is 0 Å². The highest BCUT2D eigenvalue weighted by atomic mass is 35.5. The molecule has 0 bridgehead atoms. The van der Waals surface area contributed by atoms with Crippen LogP contribution in [-0.4, -0.2) is 6.54 Å². The molecule has 3 heteroatoms. The maximum Gasteiger partial charge on any atom is 0.0465 e. The van der Waals surface area contributed by atoms with Crippen molar-refractivity contribution < 1.29 is 0 Å². The summed E-state index contributed by atoms with van der Waals surface area (Å²) in [4.78, 5) is 0. The molecule has 0 saturated carbocycles.